The zero-order valence-corrected chi connectivity index (χ0v) is 5.03. The van der Waals surface area contributed by atoms with Crippen molar-refractivity contribution in [2.45, 2.75) is 0 Å². The zero-order chi connectivity index (χ0) is 5.91. The van der Waals surface area contributed by atoms with Gasteiger partial charge in [-0.1, -0.05) is 6.08 Å². The Bertz CT molecular complexity index is 143. The average Bonchev–Trinajstić information content (AvgIpc) is 1.30. The lowest BCUT2D eigenvalue weighted by Crippen LogP contribution is -1.98. The van der Waals surface area contributed by atoms with Crippen LogP contribution >= 0.6 is 0 Å². The Balaban J connectivity index is 3.84. The SMILES string of the molecule is C=CCS(C)(=O)=O. The van der Waals surface area contributed by atoms with Gasteiger partial charge in [0.25, 0.3) is 0 Å². The summed E-state index contributed by atoms with van der Waals surface area (Å²) in [6, 6.07) is 0. The van der Waals surface area contributed by atoms with Crippen molar-refractivity contribution in [1.82, 2.24) is 0 Å². The van der Waals surface area contributed by atoms with E-state index in [1.165, 1.54) is 12.3 Å². The van der Waals surface area contributed by atoms with E-state index in [1.807, 2.05) is 0 Å². The summed E-state index contributed by atoms with van der Waals surface area (Å²) in [6.45, 7) is 3.27. The van der Waals surface area contributed by atoms with Gasteiger partial charge in [-0.25, -0.2) is 8.42 Å². The smallest absolute Gasteiger partial charge is 0.150 e. The molecule has 0 bridgehead atoms. The quantitative estimate of drug-likeness (QED) is 0.488. The molecule has 0 saturated heterocycles. The monoisotopic (exact) mass is 120 g/mol. The Morgan fingerprint density at radius 2 is 2.14 bits per heavy atom. The lowest BCUT2D eigenvalue weighted by Gasteiger charge is -1.83. The minimum atomic E-state index is -2.79. The van der Waals surface area contributed by atoms with Gasteiger partial charge in [0.05, 0.1) is 5.75 Å². The zero-order valence-electron chi connectivity index (χ0n) is 4.22. The number of hydrogen-bond acceptors (Lipinski definition) is 2. The Labute approximate surface area is 43.8 Å². The van der Waals surface area contributed by atoms with Gasteiger partial charge in [0, 0.05) is 6.26 Å². The Kier molecular flexibility index (Phi) is 2.02. The van der Waals surface area contributed by atoms with Crippen molar-refractivity contribution in [3.05, 3.63) is 12.7 Å². The second-order valence-electron chi connectivity index (χ2n) is 1.38. The van der Waals surface area contributed by atoms with Gasteiger partial charge >= 0.3 is 0 Å². The summed E-state index contributed by atoms with van der Waals surface area (Å²) in [6.07, 6.45) is 2.55. The molecule has 42 valence electrons. The van der Waals surface area contributed by atoms with E-state index in [-0.39, 0.29) is 5.75 Å². The summed E-state index contributed by atoms with van der Waals surface area (Å²) in [4.78, 5) is 0. The van der Waals surface area contributed by atoms with Gasteiger partial charge in [-0.15, -0.1) is 6.58 Å². The Morgan fingerprint density at radius 3 is 2.14 bits per heavy atom. The van der Waals surface area contributed by atoms with Crippen LogP contribution in [0.3, 0.4) is 0 Å². The molecule has 0 spiro atoms. The molecular formula is C4H8O2S. The van der Waals surface area contributed by atoms with Crippen LogP contribution in [0, 0.1) is 0 Å². The van der Waals surface area contributed by atoms with Gasteiger partial charge < -0.3 is 0 Å². The summed E-state index contributed by atoms with van der Waals surface area (Å²) in [5, 5.41) is 0. The first-order chi connectivity index (χ1) is 3.06. The highest BCUT2D eigenvalue weighted by atomic mass is 32.2. The van der Waals surface area contributed by atoms with E-state index >= 15 is 0 Å². The molecule has 0 amide bonds. The molecule has 0 heterocycles. The van der Waals surface area contributed by atoms with Crippen LogP contribution in [0.2, 0.25) is 0 Å². The molecule has 0 aromatic carbocycles. The van der Waals surface area contributed by atoms with Crippen LogP contribution in [0.15, 0.2) is 12.7 Å². The van der Waals surface area contributed by atoms with Crippen molar-refractivity contribution in [1.29, 1.82) is 0 Å². The molecule has 0 aromatic heterocycles. The van der Waals surface area contributed by atoms with Gasteiger partial charge in [-0.2, -0.15) is 0 Å². The van der Waals surface area contributed by atoms with E-state index in [0.717, 1.165) is 0 Å². The van der Waals surface area contributed by atoms with E-state index in [0.29, 0.717) is 0 Å². The molecule has 0 radical (unpaired) electrons. The van der Waals surface area contributed by atoms with Crippen LogP contribution in [-0.2, 0) is 9.84 Å². The third kappa shape index (κ3) is 5.69. The number of hydrogen-bond donors (Lipinski definition) is 0. The largest absolute Gasteiger partial charge is 0.229 e. The van der Waals surface area contributed by atoms with Gasteiger partial charge in [0.2, 0.25) is 0 Å². The molecule has 0 aromatic rings. The molecular weight excluding hydrogens is 112 g/mol. The normalized spacial score (nSPS) is 11.0. The molecule has 0 N–H and O–H groups in total. The molecule has 0 fully saturated rings. The highest BCUT2D eigenvalue weighted by Gasteiger charge is 1.93. The lowest BCUT2D eigenvalue weighted by molar-refractivity contribution is 0.604. The second-order valence-corrected chi connectivity index (χ2v) is 3.57. The second kappa shape index (κ2) is 2.12. The van der Waals surface area contributed by atoms with Gasteiger partial charge in [-0.05, 0) is 0 Å². The molecule has 0 unspecified atom stereocenters. The molecule has 0 aliphatic rings. The first-order valence-electron chi connectivity index (χ1n) is 1.85. The summed E-state index contributed by atoms with van der Waals surface area (Å²) in [5.74, 6) is 0.0764. The van der Waals surface area contributed by atoms with Gasteiger partial charge in [0.15, 0.2) is 9.84 Å². The van der Waals surface area contributed by atoms with Crippen molar-refractivity contribution in [2.24, 2.45) is 0 Å². The Hall–Kier alpha value is -0.310. The van der Waals surface area contributed by atoms with Gasteiger partial charge in [-0.3, -0.25) is 0 Å². The topological polar surface area (TPSA) is 34.1 Å². The molecule has 0 atom stereocenters. The van der Waals surface area contributed by atoms with Crippen molar-refractivity contribution in [3.63, 3.8) is 0 Å². The maximum Gasteiger partial charge on any atom is 0.150 e. The minimum absolute atomic E-state index is 0.0764. The van der Waals surface area contributed by atoms with Crippen LogP contribution in [0.5, 0.6) is 0 Å². The highest BCUT2D eigenvalue weighted by molar-refractivity contribution is 7.90. The van der Waals surface area contributed by atoms with Crippen molar-refractivity contribution in [3.8, 4) is 0 Å². The van der Waals surface area contributed by atoms with E-state index < -0.39 is 9.84 Å². The standard InChI is InChI=1S/C4H8O2S/c1-3-4-7(2,5)6/h3H,1,4H2,2H3. The van der Waals surface area contributed by atoms with Crippen LogP contribution in [-0.4, -0.2) is 20.4 Å². The van der Waals surface area contributed by atoms with Gasteiger partial charge in [0.1, 0.15) is 0 Å². The van der Waals surface area contributed by atoms with Crippen LogP contribution in [0.1, 0.15) is 0 Å². The first-order valence-corrected chi connectivity index (χ1v) is 3.91. The first kappa shape index (κ1) is 6.69. The van der Waals surface area contributed by atoms with E-state index in [2.05, 4.69) is 6.58 Å². The minimum Gasteiger partial charge on any atom is -0.229 e. The highest BCUT2D eigenvalue weighted by Crippen LogP contribution is 1.79. The molecule has 3 heteroatoms. The third-order valence-corrected chi connectivity index (χ3v) is 1.26. The van der Waals surface area contributed by atoms with E-state index in [1.54, 1.807) is 0 Å². The summed E-state index contributed by atoms with van der Waals surface area (Å²) < 4.78 is 20.3. The lowest BCUT2D eigenvalue weighted by atomic mass is 10.8. The predicted octanol–water partition coefficient (Wildman–Crippen LogP) is 0.217. The fraction of sp³-hybridized carbons (Fsp3) is 0.500. The third-order valence-electron chi connectivity index (χ3n) is 0.421. The maximum atomic E-state index is 10.2. The molecule has 0 aliphatic carbocycles. The van der Waals surface area contributed by atoms with Crippen LogP contribution in [0.4, 0.5) is 0 Å². The molecule has 0 aliphatic heterocycles. The predicted molar refractivity (Wildman–Crippen MR) is 29.9 cm³/mol. The molecule has 2 nitrogen and oxygen atoms in total. The molecule has 7 heavy (non-hydrogen) atoms. The number of sulfone groups is 1. The molecule has 0 rings (SSSR count). The fourth-order valence-corrected chi connectivity index (χ4v) is 0.642. The Morgan fingerprint density at radius 1 is 1.71 bits per heavy atom. The van der Waals surface area contributed by atoms with Crippen molar-refractivity contribution in [2.75, 3.05) is 12.0 Å². The average molecular weight is 120 g/mol. The van der Waals surface area contributed by atoms with Crippen LogP contribution < -0.4 is 0 Å². The maximum absolute atomic E-state index is 10.2. The summed E-state index contributed by atoms with van der Waals surface area (Å²) in [5.41, 5.74) is 0. The van der Waals surface area contributed by atoms with E-state index in [4.69, 9.17) is 0 Å². The van der Waals surface area contributed by atoms with E-state index in [9.17, 15) is 8.42 Å². The number of rotatable bonds is 2. The van der Waals surface area contributed by atoms with Crippen LogP contribution in [0.25, 0.3) is 0 Å². The van der Waals surface area contributed by atoms with Crippen molar-refractivity contribution < 1.29 is 8.42 Å². The summed E-state index contributed by atoms with van der Waals surface area (Å²) >= 11 is 0. The van der Waals surface area contributed by atoms with Crippen molar-refractivity contribution >= 4 is 9.84 Å². The molecule has 0 saturated carbocycles. The summed E-state index contributed by atoms with van der Waals surface area (Å²) in [7, 11) is -2.79. The fourth-order valence-electron chi connectivity index (χ4n) is 0.214.